The first-order valence-corrected chi connectivity index (χ1v) is 12.9. The lowest BCUT2D eigenvalue weighted by Gasteiger charge is -2.24. The van der Waals surface area contributed by atoms with E-state index in [9.17, 15) is 9.18 Å². The molecule has 0 saturated heterocycles. The van der Waals surface area contributed by atoms with Gasteiger partial charge in [0, 0.05) is 36.5 Å². The van der Waals surface area contributed by atoms with Crippen molar-refractivity contribution in [1.82, 2.24) is 10.9 Å². The molecule has 0 saturated carbocycles. The lowest BCUT2D eigenvalue weighted by Crippen LogP contribution is -2.53. The molecule has 0 unspecified atom stereocenters. The van der Waals surface area contributed by atoms with Crippen LogP contribution in [0, 0.1) is 5.82 Å². The third-order valence-corrected chi connectivity index (χ3v) is 6.39. The summed E-state index contributed by atoms with van der Waals surface area (Å²) in [6, 6.07) is 20.9. The van der Waals surface area contributed by atoms with Crippen molar-refractivity contribution in [1.29, 1.82) is 0 Å². The topological polar surface area (TPSA) is 141 Å². The highest BCUT2D eigenvalue weighted by Crippen LogP contribution is 2.29. The van der Waals surface area contributed by atoms with Crippen molar-refractivity contribution >= 4 is 11.8 Å². The smallest absolute Gasteiger partial charge is 0.266 e. The molecule has 0 spiro atoms. The lowest BCUT2D eigenvalue weighted by molar-refractivity contribution is -0.127. The highest BCUT2D eigenvalue weighted by atomic mass is 19.1. The summed E-state index contributed by atoms with van der Waals surface area (Å²) in [4.78, 5) is 21.2. The van der Waals surface area contributed by atoms with E-state index < -0.39 is 5.54 Å². The van der Waals surface area contributed by atoms with E-state index in [1.165, 1.54) is 12.1 Å². The van der Waals surface area contributed by atoms with Crippen molar-refractivity contribution in [3.63, 3.8) is 0 Å². The zero-order valence-corrected chi connectivity index (χ0v) is 21.9. The molecule has 3 aromatic rings. The van der Waals surface area contributed by atoms with Gasteiger partial charge in [-0.15, -0.1) is 0 Å². The number of aliphatic hydroxyl groups excluding tert-OH is 1. The molecule has 1 amide bonds. The van der Waals surface area contributed by atoms with Crippen LogP contribution in [0.4, 0.5) is 4.39 Å². The molecule has 0 bridgehead atoms. The fourth-order valence-electron chi connectivity index (χ4n) is 4.30. The Hall–Kier alpha value is -4.44. The number of carbonyl (C=O) groups is 1. The van der Waals surface area contributed by atoms with Crippen molar-refractivity contribution in [3.8, 4) is 5.75 Å². The molecule has 0 aliphatic carbocycles. The molecular weight excluding hydrogens is 515 g/mol. The van der Waals surface area contributed by atoms with Gasteiger partial charge in [0.15, 0.2) is 5.54 Å². The fraction of sp³-hybridized carbons (Fsp3) is 0.310. The van der Waals surface area contributed by atoms with Crippen molar-refractivity contribution in [2.24, 2.45) is 10.1 Å². The second-order valence-corrected chi connectivity index (χ2v) is 9.28. The number of benzene rings is 3. The van der Waals surface area contributed by atoms with Gasteiger partial charge in [0.2, 0.25) is 5.90 Å². The minimum Gasteiger partial charge on any atom is -0.494 e. The number of rotatable bonds is 14. The highest BCUT2D eigenvalue weighted by Gasteiger charge is 2.45. The van der Waals surface area contributed by atoms with Gasteiger partial charge in [0.05, 0.1) is 13.2 Å². The maximum Gasteiger partial charge on any atom is 0.266 e. The number of amides is 1. The average molecular weight is 547 g/mol. The minimum absolute atomic E-state index is 0.00431. The van der Waals surface area contributed by atoms with Gasteiger partial charge >= 0.3 is 0 Å². The molecule has 4 rings (SSSR count). The number of nitrogens with zero attached hydrogens (tertiary/aromatic N) is 4. The molecule has 11 heteroatoms. The van der Waals surface area contributed by atoms with Crippen molar-refractivity contribution in [2.45, 2.75) is 31.3 Å². The van der Waals surface area contributed by atoms with Crippen LogP contribution in [-0.2, 0) is 28.9 Å². The molecule has 3 N–H and O–H groups in total. The van der Waals surface area contributed by atoms with Crippen LogP contribution in [0.25, 0.3) is 10.4 Å². The normalized spacial score (nSPS) is 16.0. The quantitative estimate of drug-likeness (QED) is 0.0921. The Kier molecular flexibility index (Phi) is 10.1. The third-order valence-electron chi connectivity index (χ3n) is 6.39. The zero-order valence-electron chi connectivity index (χ0n) is 21.9. The summed E-state index contributed by atoms with van der Waals surface area (Å²) in [7, 11) is 0. The predicted molar refractivity (Wildman–Crippen MR) is 148 cm³/mol. The number of aliphatic hydroxyl groups is 1. The minimum atomic E-state index is -1.29. The maximum atomic E-state index is 13.6. The Morgan fingerprint density at radius 2 is 1.95 bits per heavy atom. The summed E-state index contributed by atoms with van der Waals surface area (Å²) in [6.45, 7) is 0.986. The molecule has 0 radical (unpaired) electrons. The van der Waals surface area contributed by atoms with E-state index in [0.717, 1.165) is 16.7 Å². The Morgan fingerprint density at radius 3 is 2.70 bits per heavy atom. The molecule has 1 atom stereocenters. The van der Waals surface area contributed by atoms with E-state index in [2.05, 4.69) is 20.9 Å². The van der Waals surface area contributed by atoms with Crippen LogP contribution in [0.2, 0.25) is 0 Å². The first-order valence-electron chi connectivity index (χ1n) is 12.9. The molecule has 0 fully saturated rings. The lowest BCUT2D eigenvalue weighted by atomic mass is 9.89. The monoisotopic (exact) mass is 546 g/mol. The summed E-state index contributed by atoms with van der Waals surface area (Å²) in [6.07, 6.45) is 1.26. The van der Waals surface area contributed by atoms with Crippen LogP contribution in [-0.4, -0.2) is 48.8 Å². The number of hydrogen-bond donors (Lipinski definition) is 3. The number of aliphatic imine (C=N–C) groups is 1. The predicted octanol–water partition coefficient (Wildman–Crippen LogP) is 4.02. The summed E-state index contributed by atoms with van der Waals surface area (Å²) < 4.78 is 25.0. The molecule has 208 valence electrons. The molecule has 1 aliphatic heterocycles. The maximum absolute atomic E-state index is 13.6. The van der Waals surface area contributed by atoms with Gasteiger partial charge in [0.25, 0.3) is 5.91 Å². The number of azide groups is 1. The molecule has 40 heavy (non-hydrogen) atoms. The van der Waals surface area contributed by atoms with Gasteiger partial charge in [-0.25, -0.2) is 14.8 Å². The molecule has 10 nitrogen and oxygen atoms in total. The van der Waals surface area contributed by atoms with Crippen molar-refractivity contribution < 1.29 is 23.8 Å². The van der Waals surface area contributed by atoms with Crippen LogP contribution in [0.1, 0.15) is 28.7 Å². The number of halogens is 1. The van der Waals surface area contributed by atoms with Gasteiger partial charge in [-0.2, -0.15) is 0 Å². The highest BCUT2D eigenvalue weighted by molar-refractivity contribution is 6.00. The number of carbonyl (C=O) groups excluding carboxylic acids is 1. The third kappa shape index (κ3) is 7.57. The van der Waals surface area contributed by atoms with E-state index in [0.29, 0.717) is 43.2 Å². The van der Waals surface area contributed by atoms with Crippen molar-refractivity contribution in [3.05, 3.63) is 111 Å². The molecule has 3 aromatic carbocycles. The van der Waals surface area contributed by atoms with E-state index in [1.54, 1.807) is 30.3 Å². The number of nitrogens with one attached hydrogen (secondary N) is 2. The Bertz CT molecular complexity index is 1380. The molecule has 0 aromatic heterocycles. The first kappa shape index (κ1) is 28.6. The second kappa shape index (κ2) is 14.1. The summed E-state index contributed by atoms with van der Waals surface area (Å²) in [5.74, 6) is 0.275. The zero-order chi connectivity index (χ0) is 28.2. The van der Waals surface area contributed by atoms with Gasteiger partial charge in [-0.05, 0) is 65.0 Å². The number of ether oxygens (including phenoxy) is 2. The largest absolute Gasteiger partial charge is 0.494 e. The van der Waals surface area contributed by atoms with Crippen LogP contribution < -0.4 is 15.6 Å². The van der Waals surface area contributed by atoms with Crippen LogP contribution in [0.3, 0.4) is 0 Å². The Morgan fingerprint density at radius 1 is 1.15 bits per heavy atom. The SMILES string of the molecule is [N-]=[N+]=NCc1ccccc1C[C@@]1(C(=O)NNCCc2cccc(F)c2)COC(c2ccc(OCCCO)cc2)=N1. The van der Waals surface area contributed by atoms with Gasteiger partial charge in [-0.1, -0.05) is 41.5 Å². The molecule has 1 aliphatic rings. The first-order chi connectivity index (χ1) is 19.5. The van der Waals surface area contributed by atoms with E-state index >= 15 is 0 Å². The van der Waals surface area contributed by atoms with Crippen molar-refractivity contribution in [2.75, 3.05) is 26.4 Å². The Labute approximate surface area is 231 Å². The average Bonchev–Trinajstić information content (AvgIpc) is 3.40. The van der Waals surface area contributed by atoms with E-state index in [4.69, 9.17) is 25.1 Å². The number of hydrazine groups is 1. The fourth-order valence-corrected chi connectivity index (χ4v) is 4.30. The van der Waals surface area contributed by atoms with Gasteiger partial charge in [0.1, 0.15) is 18.2 Å². The van der Waals surface area contributed by atoms with Gasteiger partial charge in [-0.3, -0.25) is 10.2 Å². The Balaban J connectivity index is 1.53. The number of hydrogen-bond acceptors (Lipinski definition) is 7. The standard InChI is InChI=1S/C29H31FN6O4/c30-25-8-3-5-21(17-25)13-14-32-35-28(38)29(18-23-6-1-2-7-24(23)19-33-36-31)20-40-27(34-29)22-9-11-26(12-10-22)39-16-4-15-37/h1-3,5-12,17,32,37H,4,13-16,18-20H2,(H,35,38)/t29-/m0/s1. The summed E-state index contributed by atoms with van der Waals surface area (Å²) in [5.41, 5.74) is 16.3. The summed E-state index contributed by atoms with van der Waals surface area (Å²) >= 11 is 0. The summed E-state index contributed by atoms with van der Waals surface area (Å²) in [5, 5.41) is 12.6. The van der Waals surface area contributed by atoms with Crippen LogP contribution in [0.15, 0.2) is 82.9 Å². The van der Waals surface area contributed by atoms with Gasteiger partial charge < -0.3 is 14.6 Å². The van der Waals surface area contributed by atoms with Crippen LogP contribution in [0.5, 0.6) is 5.75 Å². The molecule has 1 heterocycles. The van der Waals surface area contributed by atoms with Crippen LogP contribution >= 0.6 is 0 Å². The molecular formula is C29H31FN6O4. The second-order valence-electron chi connectivity index (χ2n) is 9.28. The van der Waals surface area contributed by atoms with E-state index in [1.807, 2.05) is 30.3 Å². The van der Waals surface area contributed by atoms with E-state index in [-0.39, 0.29) is 37.9 Å².